The number of ketones is 1. The molecule has 0 saturated heterocycles. The normalized spacial score (nSPS) is 12.9. The van der Waals surface area contributed by atoms with Gasteiger partial charge in [-0.25, -0.2) is 0 Å². The predicted octanol–water partition coefficient (Wildman–Crippen LogP) is 3.01. The smallest absolute Gasteiger partial charge is 0.151 e. The van der Waals surface area contributed by atoms with E-state index in [-0.39, 0.29) is 11.8 Å². The molecule has 0 fully saturated rings. The number of methoxy groups -OCH3 is 1. The maximum atomic E-state index is 11.8. The van der Waals surface area contributed by atoms with Crippen molar-refractivity contribution in [1.82, 2.24) is 4.90 Å². The lowest BCUT2D eigenvalue weighted by Gasteiger charge is -2.25. The Morgan fingerprint density at radius 3 is 2.28 bits per heavy atom. The van der Waals surface area contributed by atoms with Crippen LogP contribution in [0.15, 0.2) is 18.2 Å². The average Bonchev–Trinajstić information content (AvgIpc) is 2.27. The van der Waals surface area contributed by atoms with Crippen LogP contribution in [0.5, 0.6) is 5.75 Å². The summed E-state index contributed by atoms with van der Waals surface area (Å²) >= 11 is 0. The first-order chi connectivity index (χ1) is 8.38. The van der Waals surface area contributed by atoms with Crippen LogP contribution in [-0.2, 0) is 4.79 Å². The van der Waals surface area contributed by atoms with Crippen LogP contribution in [-0.4, -0.2) is 31.9 Å². The third-order valence-electron chi connectivity index (χ3n) is 3.12. The van der Waals surface area contributed by atoms with Crippen LogP contribution in [0.3, 0.4) is 0 Å². The molecule has 0 radical (unpaired) electrons. The molecule has 1 rings (SSSR count). The number of likely N-dealkylation sites (N-methyl/N-ethyl adjacent to an activating group) is 1. The van der Waals surface area contributed by atoms with Crippen LogP contribution in [0.4, 0.5) is 0 Å². The molecule has 0 bridgehead atoms. The van der Waals surface area contributed by atoms with Crippen molar-refractivity contribution >= 4 is 5.78 Å². The van der Waals surface area contributed by atoms with E-state index in [1.165, 1.54) is 5.56 Å². The first-order valence-electron chi connectivity index (χ1n) is 6.23. The first-order valence-corrected chi connectivity index (χ1v) is 6.23. The second-order valence-corrected chi connectivity index (χ2v) is 5.13. The second kappa shape index (κ2) is 6.01. The monoisotopic (exact) mass is 249 g/mol. The molecule has 3 nitrogen and oxygen atoms in total. The van der Waals surface area contributed by atoms with Gasteiger partial charge in [-0.15, -0.1) is 0 Å². The van der Waals surface area contributed by atoms with E-state index < -0.39 is 0 Å². The minimum absolute atomic E-state index is 0.124. The number of carbonyl (C=O) groups is 1. The maximum absolute atomic E-state index is 11.8. The molecule has 0 aliphatic carbocycles. The number of ether oxygens (including phenoxy) is 1. The van der Waals surface area contributed by atoms with Crippen molar-refractivity contribution < 1.29 is 9.53 Å². The van der Waals surface area contributed by atoms with Crippen molar-refractivity contribution in [3.05, 3.63) is 29.3 Å². The Hall–Kier alpha value is -1.35. The van der Waals surface area contributed by atoms with Crippen molar-refractivity contribution in [1.29, 1.82) is 0 Å². The van der Waals surface area contributed by atoms with Gasteiger partial charge < -0.3 is 4.74 Å². The molecule has 0 N–H and O–H groups in total. The standard InChI is InChI=1S/C15H23NO2/c1-10(2)12-7-8-14(18-6)13(9-12)15(11(3)17)16(4)5/h7-10,15H,1-6H3. The molecule has 0 heterocycles. The Morgan fingerprint density at radius 2 is 1.89 bits per heavy atom. The SMILES string of the molecule is COc1ccc(C(C)C)cc1C(C(C)=O)N(C)C. The molecule has 0 amide bonds. The topological polar surface area (TPSA) is 29.5 Å². The van der Waals surface area contributed by atoms with E-state index in [2.05, 4.69) is 26.0 Å². The minimum atomic E-state index is -0.251. The summed E-state index contributed by atoms with van der Waals surface area (Å²) in [7, 11) is 5.46. The Bertz CT molecular complexity index is 425. The third kappa shape index (κ3) is 3.10. The lowest BCUT2D eigenvalue weighted by molar-refractivity contribution is -0.121. The van der Waals surface area contributed by atoms with Crippen molar-refractivity contribution in [2.24, 2.45) is 0 Å². The fraction of sp³-hybridized carbons (Fsp3) is 0.533. The van der Waals surface area contributed by atoms with Crippen molar-refractivity contribution in [3.8, 4) is 5.75 Å². The van der Waals surface area contributed by atoms with Crippen molar-refractivity contribution in [2.75, 3.05) is 21.2 Å². The quantitative estimate of drug-likeness (QED) is 0.803. The van der Waals surface area contributed by atoms with Crippen LogP contribution >= 0.6 is 0 Å². The molecular formula is C15H23NO2. The Balaban J connectivity index is 3.33. The van der Waals surface area contributed by atoms with E-state index in [1.807, 2.05) is 25.1 Å². The summed E-state index contributed by atoms with van der Waals surface area (Å²) in [4.78, 5) is 13.8. The minimum Gasteiger partial charge on any atom is -0.496 e. The Kier molecular flexibility index (Phi) is 4.91. The molecule has 1 aromatic carbocycles. The molecule has 1 aromatic rings. The number of hydrogen-bond acceptors (Lipinski definition) is 3. The highest BCUT2D eigenvalue weighted by Crippen LogP contribution is 2.31. The number of hydrogen-bond donors (Lipinski definition) is 0. The van der Waals surface area contributed by atoms with Gasteiger partial charge in [0.25, 0.3) is 0 Å². The summed E-state index contributed by atoms with van der Waals surface area (Å²) in [6.45, 7) is 5.90. The van der Waals surface area contributed by atoms with Gasteiger partial charge in [0.1, 0.15) is 5.75 Å². The molecule has 1 unspecified atom stereocenters. The molecule has 1 atom stereocenters. The average molecular weight is 249 g/mol. The van der Waals surface area contributed by atoms with Crippen LogP contribution in [0, 0.1) is 0 Å². The molecule has 0 aliphatic heterocycles. The van der Waals surface area contributed by atoms with Gasteiger partial charge in [0.2, 0.25) is 0 Å². The number of Topliss-reactive ketones (excluding diaryl/α,β-unsaturated/α-hetero) is 1. The zero-order chi connectivity index (χ0) is 13.9. The zero-order valence-corrected chi connectivity index (χ0v) is 12.2. The summed E-state index contributed by atoms with van der Waals surface area (Å²) in [5.41, 5.74) is 2.17. The fourth-order valence-electron chi connectivity index (χ4n) is 2.19. The van der Waals surface area contributed by atoms with E-state index in [4.69, 9.17) is 4.74 Å². The highest BCUT2D eigenvalue weighted by molar-refractivity contribution is 5.83. The highest BCUT2D eigenvalue weighted by Gasteiger charge is 2.23. The van der Waals surface area contributed by atoms with Crippen LogP contribution in [0.2, 0.25) is 0 Å². The van der Waals surface area contributed by atoms with Crippen molar-refractivity contribution in [3.63, 3.8) is 0 Å². The number of rotatable bonds is 5. The molecular weight excluding hydrogens is 226 g/mol. The van der Waals surface area contributed by atoms with Crippen molar-refractivity contribution in [2.45, 2.75) is 32.7 Å². The largest absolute Gasteiger partial charge is 0.496 e. The van der Waals surface area contributed by atoms with Gasteiger partial charge in [0.15, 0.2) is 5.78 Å². The molecule has 18 heavy (non-hydrogen) atoms. The molecule has 0 saturated carbocycles. The van der Waals surface area contributed by atoms with Crippen LogP contribution < -0.4 is 4.74 Å². The molecule has 3 heteroatoms. The van der Waals surface area contributed by atoms with Gasteiger partial charge in [0, 0.05) is 5.56 Å². The van der Waals surface area contributed by atoms with Gasteiger partial charge in [0.05, 0.1) is 13.2 Å². The summed E-state index contributed by atoms with van der Waals surface area (Å²) in [5, 5.41) is 0. The van der Waals surface area contributed by atoms with Crippen LogP contribution in [0.25, 0.3) is 0 Å². The molecule has 0 spiro atoms. The molecule has 100 valence electrons. The fourth-order valence-corrected chi connectivity index (χ4v) is 2.19. The molecule has 0 aromatic heterocycles. The molecule has 0 aliphatic rings. The van der Waals surface area contributed by atoms with Gasteiger partial charge in [-0.05, 0) is 44.6 Å². The zero-order valence-electron chi connectivity index (χ0n) is 12.2. The van der Waals surface area contributed by atoms with Gasteiger partial charge >= 0.3 is 0 Å². The predicted molar refractivity (Wildman–Crippen MR) is 74.2 cm³/mol. The third-order valence-corrected chi connectivity index (χ3v) is 3.12. The van der Waals surface area contributed by atoms with Crippen LogP contribution in [0.1, 0.15) is 43.9 Å². The van der Waals surface area contributed by atoms with Gasteiger partial charge in [-0.3, -0.25) is 9.69 Å². The Morgan fingerprint density at radius 1 is 1.28 bits per heavy atom. The van der Waals surface area contributed by atoms with E-state index in [1.54, 1.807) is 14.0 Å². The first kappa shape index (κ1) is 14.7. The van der Waals surface area contributed by atoms with E-state index >= 15 is 0 Å². The van der Waals surface area contributed by atoms with E-state index in [9.17, 15) is 4.79 Å². The summed E-state index contributed by atoms with van der Waals surface area (Å²) in [6, 6.07) is 5.83. The maximum Gasteiger partial charge on any atom is 0.151 e. The summed E-state index contributed by atoms with van der Waals surface area (Å²) in [5.74, 6) is 1.33. The summed E-state index contributed by atoms with van der Waals surface area (Å²) < 4.78 is 5.38. The highest BCUT2D eigenvalue weighted by atomic mass is 16.5. The van der Waals surface area contributed by atoms with E-state index in [0.29, 0.717) is 5.92 Å². The van der Waals surface area contributed by atoms with Gasteiger partial charge in [-0.2, -0.15) is 0 Å². The lowest BCUT2D eigenvalue weighted by Crippen LogP contribution is -2.26. The lowest BCUT2D eigenvalue weighted by atomic mass is 9.95. The Labute approximate surface area is 110 Å². The number of benzene rings is 1. The second-order valence-electron chi connectivity index (χ2n) is 5.13. The van der Waals surface area contributed by atoms with Gasteiger partial charge in [-0.1, -0.05) is 19.9 Å². The van der Waals surface area contributed by atoms with E-state index in [0.717, 1.165) is 11.3 Å². The number of carbonyl (C=O) groups excluding carboxylic acids is 1. The number of nitrogens with zero attached hydrogens (tertiary/aromatic N) is 1. The summed E-state index contributed by atoms with van der Waals surface area (Å²) in [6.07, 6.45) is 0.